The third-order valence-corrected chi connectivity index (χ3v) is 4.11. The van der Waals surface area contributed by atoms with Gasteiger partial charge in [-0.2, -0.15) is 0 Å². The van der Waals surface area contributed by atoms with Gasteiger partial charge < -0.3 is 15.4 Å². The second-order valence-electron chi connectivity index (χ2n) is 4.88. The molecule has 0 aliphatic heterocycles. The molecule has 6 heteroatoms. The number of nitrogens with one attached hydrogen (secondary N) is 2. The van der Waals surface area contributed by atoms with Gasteiger partial charge in [0.15, 0.2) is 0 Å². The highest BCUT2D eigenvalue weighted by atomic mass is 32.2. The van der Waals surface area contributed by atoms with E-state index in [1.807, 2.05) is 24.3 Å². The highest BCUT2D eigenvalue weighted by Crippen LogP contribution is 2.22. The summed E-state index contributed by atoms with van der Waals surface area (Å²) in [6.07, 6.45) is 1.95. The van der Waals surface area contributed by atoms with Crippen LogP contribution in [0, 0.1) is 0 Å². The van der Waals surface area contributed by atoms with Crippen molar-refractivity contribution in [3.63, 3.8) is 0 Å². The maximum Gasteiger partial charge on any atom is 0.243 e. The van der Waals surface area contributed by atoms with E-state index in [1.165, 1.54) is 18.7 Å². The van der Waals surface area contributed by atoms with Crippen LogP contribution in [-0.4, -0.2) is 37.3 Å². The number of ether oxygens (including phenoxy) is 1. The minimum Gasteiger partial charge on any atom is -0.497 e. The maximum atomic E-state index is 12.1. The van der Waals surface area contributed by atoms with Crippen molar-refractivity contribution in [2.45, 2.75) is 37.6 Å². The summed E-state index contributed by atoms with van der Waals surface area (Å²) in [4.78, 5) is 24.4. The van der Waals surface area contributed by atoms with E-state index in [0.717, 1.165) is 23.5 Å². The van der Waals surface area contributed by atoms with Crippen LogP contribution in [0.2, 0.25) is 0 Å². The summed E-state index contributed by atoms with van der Waals surface area (Å²) < 4.78 is 5.11. The van der Waals surface area contributed by atoms with Crippen LogP contribution in [0.25, 0.3) is 0 Å². The van der Waals surface area contributed by atoms with Crippen molar-refractivity contribution in [1.82, 2.24) is 10.6 Å². The number of amides is 2. The molecule has 1 atom stereocenters. The highest BCUT2D eigenvalue weighted by molar-refractivity contribution is 7.99. The SMILES string of the molecule is CCCCNC(=O)C(CSc1ccc(OC)cc1)NC(C)=O. The fourth-order valence-electron chi connectivity index (χ4n) is 1.79. The summed E-state index contributed by atoms with van der Waals surface area (Å²) in [7, 11) is 1.62. The van der Waals surface area contributed by atoms with Gasteiger partial charge in [0, 0.05) is 24.1 Å². The molecule has 1 aromatic rings. The van der Waals surface area contributed by atoms with Crippen molar-refractivity contribution >= 4 is 23.6 Å². The largest absolute Gasteiger partial charge is 0.497 e. The van der Waals surface area contributed by atoms with Crippen molar-refractivity contribution in [2.75, 3.05) is 19.4 Å². The van der Waals surface area contributed by atoms with Crippen LogP contribution < -0.4 is 15.4 Å². The first-order chi connectivity index (χ1) is 10.6. The molecule has 122 valence electrons. The Labute approximate surface area is 136 Å². The minimum atomic E-state index is -0.526. The van der Waals surface area contributed by atoms with Gasteiger partial charge in [-0.05, 0) is 30.7 Å². The summed E-state index contributed by atoms with van der Waals surface area (Å²) in [5.74, 6) is 0.944. The number of unbranched alkanes of at least 4 members (excludes halogenated alkanes) is 1. The van der Waals surface area contributed by atoms with E-state index in [9.17, 15) is 9.59 Å². The third kappa shape index (κ3) is 6.85. The lowest BCUT2D eigenvalue weighted by molar-refractivity contribution is -0.127. The van der Waals surface area contributed by atoms with Gasteiger partial charge in [-0.1, -0.05) is 13.3 Å². The Morgan fingerprint density at radius 1 is 1.27 bits per heavy atom. The molecule has 0 radical (unpaired) electrons. The van der Waals surface area contributed by atoms with Gasteiger partial charge in [-0.15, -0.1) is 11.8 Å². The Kier molecular flexibility index (Phi) is 8.43. The van der Waals surface area contributed by atoms with Crippen LogP contribution in [0.15, 0.2) is 29.2 Å². The van der Waals surface area contributed by atoms with Gasteiger partial charge in [0.25, 0.3) is 0 Å². The van der Waals surface area contributed by atoms with E-state index in [2.05, 4.69) is 17.6 Å². The predicted octanol–water partition coefficient (Wildman–Crippen LogP) is 2.21. The first kappa shape index (κ1) is 18.4. The van der Waals surface area contributed by atoms with Gasteiger partial charge in [-0.25, -0.2) is 0 Å². The summed E-state index contributed by atoms with van der Waals surface area (Å²) in [6.45, 7) is 4.12. The van der Waals surface area contributed by atoms with Crippen molar-refractivity contribution in [3.05, 3.63) is 24.3 Å². The first-order valence-corrected chi connectivity index (χ1v) is 8.37. The predicted molar refractivity (Wildman–Crippen MR) is 89.2 cm³/mol. The van der Waals surface area contributed by atoms with Crippen molar-refractivity contribution < 1.29 is 14.3 Å². The van der Waals surface area contributed by atoms with E-state index in [4.69, 9.17) is 4.74 Å². The van der Waals surface area contributed by atoms with Crippen molar-refractivity contribution in [1.29, 1.82) is 0 Å². The number of carbonyl (C=O) groups is 2. The number of carbonyl (C=O) groups excluding carboxylic acids is 2. The first-order valence-electron chi connectivity index (χ1n) is 7.38. The summed E-state index contributed by atoms with van der Waals surface area (Å²) in [6, 6.07) is 7.09. The van der Waals surface area contributed by atoms with Crippen LogP contribution in [0.3, 0.4) is 0 Å². The average molecular weight is 324 g/mol. The molecular weight excluding hydrogens is 300 g/mol. The zero-order valence-electron chi connectivity index (χ0n) is 13.3. The minimum absolute atomic E-state index is 0.135. The summed E-state index contributed by atoms with van der Waals surface area (Å²) >= 11 is 1.53. The standard InChI is InChI=1S/C16H24N2O3S/c1-4-5-10-17-16(20)15(18-12(2)19)11-22-14-8-6-13(21-3)7-9-14/h6-9,15H,4-5,10-11H2,1-3H3,(H,17,20)(H,18,19). The van der Waals surface area contributed by atoms with Crippen LogP contribution in [0.4, 0.5) is 0 Å². The average Bonchev–Trinajstić information content (AvgIpc) is 2.51. The fourth-order valence-corrected chi connectivity index (χ4v) is 2.71. The number of thioether (sulfide) groups is 1. The van der Waals surface area contributed by atoms with E-state index in [1.54, 1.807) is 7.11 Å². The zero-order valence-corrected chi connectivity index (χ0v) is 14.2. The molecule has 1 aromatic carbocycles. The Balaban J connectivity index is 2.55. The van der Waals surface area contributed by atoms with Crippen LogP contribution in [0.1, 0.15) is 26.7 Å². The van der Waals surface area contributed by atoms with E-state index in [0.29, 0.717) is 12.3 Å². The van der Waals surface area contributed by atoms with Crippen LogP contribution in [0.5, 0.6) is 5.75 Å². The Bertz CT molecular complexity index is 477. The van der Waals surface area contributed by atoms with Crippen molar-refractivity contribution in [3.8, 4) is 5.75 Å². The maximum absolute atomic E-state index is 12.1. The van der Waals surface area contributed by atoms with Gasteiger partial charge in [-0.3, -0.25) is 9.59 Å². The second kappa shape index (κ2) is 10.1. The zero-order chi connectivity index (χ0) is 16.4. The van der Waals surface area contributed by atoms with Gasteiger partial charge in [0.1, 0.15) is 11.8 Å². The van der Waals surface area contributed by atoms with Crippen LogP contribution >= 0.6 is 11.8 Å². The molecule has 1 rings (SSSR count). The lowest BCUT2D eigenvalue weighted by atomic mass is 10.3. The van der Waals surface area contributed by atoms with Crippen LogP contribution in [-0.2, 0) is 9.59 Å². The quantitative estimate of drug-likeness (QED) is 0.540. The Hall–Kier alpha value is -1.69. The van der Waals surface area contributed by atoms with E-state index >= 15 is 0 Å². The van der Waals surface area contributed by atoms with Crippen molar-refractivity contribution in [2.24, 2.45) is 0 Å². The molecule has 0 aliphatic carbocycles. The number of rotatable bonds is 9. The monoisotopic (exact) mass is 324 g/mol. The molecular formula is C16H24N2O3S. The number of benzene rings is 1. The van der Waals surface area contributed by atoms with E-state index < -0.39 is 6.04 Å². The molecule has 2 N–H and O–H groups in total. The Morgan fingerprint density at radius 2 is 1.95 bits per heavy atom. The van der Waals surface area contributed by atoms with Gasteiger partial charge >= 0.3 is 0 Å². The molecule has 0 spiro atoms. The summed E-state index contributed by atoms with van der Waals surface area (Å²) in [5.41, 5.74) is 0. The number of hydrogen-bond acceptors (Lipinski definition) is 4. The topological polar surface area (TPSA) is 67.4 Å². The lowest BCUT2D eigenvalue weighted by Gasteiger charge is -2.17. The third-order valence-electron chi connectivity index (χ3n) is 3.00. The molecule has 0 fully saturated rings. The number of hydrogen-bond donors (Lipinski definition) is 2. The molecule has 22 heavy (non-hydrogen) atoms. The molecule has 0 heterocycles. The summed E-state index contributed by atoms with van der Waals surface area (Å²) in [5, 5.41) is 5.56. The normalized spacial score (nSPS) is 11.6. The molecule has 5 nitrogen and oxygen atoms in total. The molecule has 0 saturated heterocycles. The molecule has 0 aliphatic rings. The number of methoxy groups -OCH3 is 1. The molecule has 0 bridgehead atoms. The lowest BCUT2D eigenvalue weighted by Crippen LogP contribution is -2.47. The Morgan fingerprint density at radius 3 is 2.50 bits per heavy atom. The van der Waals surface area contributed by atoms with E-state index in [-0.39, 0.29) is 11.8 Å². The fraction of sp³-hybridized carbons (Fsp3) is 0.500. The molecule has 1 unspecified atom stereocenters. The highest BCUT2D eigenvalue weighted by Gasteiger charge is 2.19. The smallest absolute Gasteiger partial charge is 0.243 e. The second-order valence-corrected chi connectivity index (χ2v) is 5.98. The molecule has 0 aromatic heterocycles. The molecule has 0 saturated carbocycles. The van der Waals surface area contributed by atoms with Gasteiger partial charge in [0.05, 0.1) is 7.11 Å². The van der Waals surface area contributed by atoms with Gasteiger partial charge in [0.2, 0.25) is 11.8 Å². The molecule has 2 amide bonds.